The molecule has 1 unspecified atom stereocenters. The van der Waals surface area contributed by atoms with Crippen LogP contribution in [0.5, 0.6) is 0 Å². The van der Waals surface area contributed by atoms with Crippen molar-refractivity contribution in [1.82, 2.24) is 0 Å². The zero-order chi connectivity index (χ0) is 16.2. The predicted octanol–water partition coefficient (Wildman–Crippen LogP) is 7.32. The lowest BCUT2D eigenvalue weighted by Gasteiger charge is -2.19. The van der Waals surface area contributed by atoms with Gasteiger partial charge in [-0.3, -0.25) is 0 Å². The van der Waals surface area contributed by atoms with E-state index >= 15 is 0 Å². The van der Waals surface area contributed by atoms with E-state index in [0.29, 0.717) is 5.92 Å². The van der Waals surface area contributed by atoms with Crippen LogP contribution >= 0.6 is 0 Å². The molecule has 0 aliphatic heterocycles. The van der Waals surface area contributed by atoms with Gasteiger partial charge in [0.05, 0.1) is 0 Å². The molecule has 0 saturated heterocycles. The molecule has 0 nitrogen and oxygen atoms in total. The first kappa shape index (κ1) is 18.7. The Morgan fingerprint density at radius 1 is 1.00 bits per heavy atom. The Kier molecular flexibility index (Phi) is 9.62. The summed E-state index contributed by atoms with van der Waals surface area (Å²) in [5, 5.41) is 0. The van der Waals surface area contributed by atoms with Gasteiger partial charge in [0, 0.05) is 5.92 Å². The third kappa shape index (κ3) is 7.11. The van der Waals surface area contributed by atoms with Crippen LogP contribution < -0.4 is 0 Å². The maximum Gasteiger partial charge on any atom is 0.00171 e. The van der Waals surface area contributed by atoms with Crippen molar-refractivity contribution in [3.8, 4) is 0 Å². The quantitative estimate of drug-likeness (QED) is 0.468. The van der Waals surface area contributed by atoms with Crippen molar-refractivity contribution in [2.45, 2.75) is 72.1 Å². The first-order valence-corrected chi connectivity index (χ1v) is 8.95. The number of rotatable bonds is 2. The molecule has 0 spiro atoms. The molecule has 0 aromatic rings. The van der Waals surface area contributed by atoms with Crippen LogP contribution in [0.25, 0.3) is 0 Å². The van der Waals surface area contributed by atoms with Crippen LogP contribution in [-0.4, -0.2) is 0 Å². The molecule has 0 fully saturated rings. The molecular weight excluding hydrogens is 264 g/mol. The topological polar surface area (TPSA) is 0 Å². The first-order chi connectivity index (χ1) is 10.7. The molecule has 0 N–H and O–H groups in total. The Morgan fingerprint density at radius 3 is 2.27 bits per heavy atom. The second kappa shape index (κ2) is 11.3. The highest BCUT2D eigenvalue weighted by Gasteiger charge is 2.13. The van der Waals surface area contributed by atoms with E-state index in [2.05, 4.69) is 63.8 Å². The average molecular weight is 299 g/mol. The standard InChI is InChI=1S/C22H34/c1-5-16-21-17-14-12-10-8-6-7-9-11-13-15-18-22(21)20(4)19(2)3/h5,11-14,16,21H,2,6-10,15,17-18H2,1,3-4H3/b13-11-,14-12-,16-5?,22-20?. The van der Waals surface area contributed by atoms with E-state index in [9.17, 15) is 0 Å². The highest BCUT2D eigenvalue weighted by Crippen LogP contribution is 2.29. The molecule has 0 bridgehead atoms. The molecule has 0 aromatic carbocycles. The van der Waals surface area contributed by atoms with E-state index in [4.69, 9.17) is 0 Å². The van der Waals surface area contributed by atoms with E-state index < -0.39 is 0 Å². The molecule has 0 heteroatoms. The van der Waals surface area contributed by atoms with Gasteiger partial charge in [-0.2, -0.15) is 0 Å². The van der Waals surface area contributed by atoms with Crippen LogP contribution in [0, 0.1) is 5.92 Å². The summed E-state index contributed by atoms with van der Waals surface area (Å²) in [5.74, 6) is 0.522. The molecular formula is C22H34. The Morgan fingerprint density at radius 2 is 1.64 bits per heavy atom. The Bertz CT molecular complexity index is 443. The number of hydrogen-bond acceptors (Lipinski definition) is 0. The maximum atomic E-state index is 4.16. The van der Waals surface area contributed by atoms with Crippen molar-refractivity contribution in [2.75, 3.05) is 0 Å². The van der Waals surface area contributed by atoms with E-state index in [1.54, 1.807) is 5.57 Å². The van der Waals surface area contributed by atoms with Crippen LogP contribution in [0.3, 0.4) is 0 Å². The molecule has 1 rings (SSSR count). The highest BCUT2D eigenvalue weighted by atomic mass is 14.2. The summed E-state index contributed by atoms with van der Waals surface area (Å²) in [6.07, 6.45) is 24.0. The molecule has 1 atom stereocenters. The van der Waals surface area contributed by atoms with Gasteiger partial charge < -0.3 is 0 Å². The lowest BCUT2D eigenvalue weighted by Crippen LogP contribution is -2.04. The molecule has 1 aliphatic carbocycles. The largest absolute Gasteiger partial charge is 0.0958 e. The molecule has 0 radical (unpaired) electrons. The summed E-state index contributed by atoms with van der Waals surface area (Å²) in [6.45, 7) is 10.7. The third-order valence-electron chi connectivity index (χ3n) is 4.54. The van der Waals surface area contributed by atoms with E-state index in [-0.39, 0.29) is 0 Å². The normalized spacial score (nSPS) is 27.1. The summed E-state index contributed by atoms with van der Waals surface area (Å²) in [6, 6.07) is 0. The van der Waals surface area contributed by atoms with E-state index in [1.165, 1.54) is 43.3 Å². The van der Waals surface area contributed by atoms with Gasteiger partial charge in [-0.15, -0.1) is 0 Å². The summed E-state index contributed by atoms with van der Waals surface area (Å²) in [7, 11) is 0. The van der Waals surface area contributed by atoms with Crippen molar-refractivity contribution in [1.29, 1.82) is 0 Å². The zero-order valence-electron chi connectivity index (χ0n) is 14.9. The van der Waals surface area contributed by atoms with Crippen LogP contribution in [0.15, 0.2) is 59.8 Å². The van der Waals surface area contributed by atoms with Crippen molar-refractivity contribution >= 4 is 0 Å². The zero-order valence-corrected chi connectivity index (χ0v) is 14.9. The lowest BCUT2D eigenvalue weighted by atomic mass is 9.86. The van der Waals surface area contributed by atoms with Crippen molar-refractivity contribution in [3.05, 3.63) is 59.8 Å². The van der Waals surface area contributed by atoms with Crippen molar-refractivity contribution in [2.24, 2.45) is 5.92 Å². The number of allylic oxidation sites excluding steroid dienone is 9. The third-order valence-corrected chi connectivity index (χ3v) is 4.54. The minimum Gasteiger partial charge on any atom is -0.0958 e. The molecule has 0 heterocycles. The monoisotopic (exact) mass is 298 g/mol. The van der Waals surface area contributed by atoms with Crippen LogP contribution in [0.1, 0.15) is 72.1 Å². The molecule has 0 amide bonds. The molecule has 0 aromatic heterocycles. The Balaban J connectivity index is 2.98. The highest BCUT2D eigenvalue weighted by molar-refractivity contribution is 5.33. The molecule has 0 saturated carbocycles. The fourth-order valence-electron chi connectivity index (χ4n) is 3.03. The predicted molar refractivity (Wildman–Crippen MR) is 101 cm³/mol. The Hall–Kier alpha value is -1.30. The summed E-state index contributed by atoms with van der Waals surface area (Å²) >= 11 is 0. The molecule has 22 heavy (non-hydrogen) atoms. The van der Waals surface area contributed by atoms with Crippen molar-refractivity contribution < 1.29 is 0 Å². The smallest absolute Gasteiger partial charge is 0.00171 e. The summed E-state index contributed by atoms with van der Waals surface area (Å²) in [4.78, 5) is 0. The second-order valence-electron chi connectivity index (χ2n) is 6.42. The van der Waals surface area contributed by atoms with Gasteiger partial charge in [0.25, 0.3) is 0 Å². The molecule has 122 valence electrons. The second-order valence-corrected chi connectivity index (χ2v) is 6.42. The van der Waals surface area contributed by atoms with Gasteiger partial charge in [-0.05, 0) is 71.3 Å². The van der Waals surface area contributed by atoms with Gasteiger partial charge in [-0.25, -0.2) is 0 Å². The lowest BCUT2D eigenvalue weighted by molar-refractivity contribution is 0.681. The minimum absolute atomic E-state index is 0.522. The minimum atomic E-state index is 0.522. The maximum absolute atomic E-state index is 4.16. The Labute approximate surface area is 138 Å². The summed E-state index contributed by atoms with van der Waals surface area (Å²) < 4.78 is 0. The average Bonchev–Trinajstić information content (AvgIpc) is 2.50. The van der Waals surface area contributed by atoms with Gasteiger partial charge in [-0.1, -0.05) is 60.6 Å². The van der Waals surface area contributed by atoms with Gasteiger partial charge in [0.1, 0.15) is 0 Å². The SMILES string of the molecule is C=C(C)C(C)=C1CC/C=C\CCCCC/C=C\CC1C=CC. The number of hydrogen-bond donors (Lipinski definition) is 0. The van der Waals surface area contributed by atoms with Crippen LogP contribution in [-0.2, 0) is 0 Å². The van der Waals surface area contributed by atoms with Crippen LogP contribution in [0.2, 0.25) is 0 Å². The van der Waals surface area contributed by atoms with Gasteiger partial charge in [0.15, 0.2) is 0 Å². The van der Waals surface area contributed by atoms with Gasteiger partial charge in [0.2, 0.25) is 0 Å². The van der Waals surface area contributed by atoms with Gasteiger partial charge >= 0.3 is 0 Å². The van der Waals surface area contributed by atoms with Crippen molar-refractivity contribution in [3.63, 3.8) is 0 Å². The summed E-state index contributed by atoms with van der Waals surface area (Å²) in [5.41, 5.74) is 4.17. The van der Waals surface area contributed by atoms with E-state index in [0.717, 1.165) is 19.3 Å². The fourth-order valence-corrected chi connectivity index (χ4v) is 3.03. The van der Waals surface area contributed by atoms with E-state index in [1.807, 2.05) is 0 Å². The fraction of sp³-hybridized carbons (Fsp3) is 0.545. The molecule has 1 aliphatic rings. The first-order valence-electron chi connectivity index (χ1n) is 8.95. The van der Waals surface area contributed by atoms with Crippen LogP contribution in [0.4, 0.5) is 0 Å².